The van der Waals surface area contributed by atoms with Gasteiger partial charge < -0.3 is 10.6 Å². The molecule has 1 aliphatic heterocycles. The number of anilines is 2. The van der Waals surface area contributed by atoms with Crippen LogP contribution in [0.15, 0.2) is 10.8 Å². The first-order chi connectivity index (χ1) is 7.91. The lowest BCUT2D eigenvalue weighted by molar-refractivity contribution is 0.566. The van der Waals surface area contributed by atoms with Crippen LogP contribution in [0, 0.1) is 0 Å². The molecule has 1 aromatic rings. The van der Waals surface area contributed by atoms with Gasteiger partial charge in [0.05, 0.1) is 11.5 Å². The zero-order chi connectivity index (χ0) is 12.6. The SMILES string of the molecule is CC1CS(=O)(=O)CCN1c1ncnc(N)c1Br. The summed E-state index contributed by atoms with van der Waals surface area (Å²) in [7, 11) is -2.93. The molecule has 1 saturated heterocycles. The normalized spacial score (nSPS) is 23.6. The maximum atomic E-state index is 11.5. The van der Waals surface area contributed by atoms with Crippen molar-refractivity contribution in [2.24, 2.45) is 0 Å². The van der Waals surface area contributed by atoms with Gasteiger partial charge in [-0.3, -0.25) is 0 Å². The molecular weight excluding hydrogens is 308 g/mol. The molecule has 6 nitrogen and oxygen atoms in total. The van der Waals surface area contributed by atoms with E-state index in [9.17, 15) is 8.42 Å². The maximum Gasteiger partial charge on any atom is 0.154 e. The van der Waals surface area contributed by atoms with Gasteiger partial charge in [0.1, 0.15) is 22.4 Å². The second-order valence-corrected chi connectivity index (χ2v) is 7.07. The summed E-state index contributed by atoms with van der Waals surface area (Å²) in [5.41, 5.74) is 5.68. The first-order valence-electron chi connectivity index (χ1n) is 5.14. The summed E-state index contributed by atoms with van der Waals surface area (Å²) in [4.78, 5) is 9.95. The Balaban J connectivity index is 2.33. The number of hydrogen-bond acceptors (Lipinski definition) is 6. The predicted octanol–water partition coefficient (Wildman–Crippen LogP) is 0.445. The largest absolute Gasteiger partial charge is 0.383 e. The Bertz CT molecular complexity index is 534. The van der Waals surface area contributed by atoms with Crippen LogP contribution >= 0.6 is 15.9 Å². The number of hydrogen-bond donors (Lipinski definition) is 1. The van der Waals surface area contributed by atoms with Crippen molar-refractivity contribution in [3.05, 3.63) is 10.8 Å². The molecule has 2 N–H and O–H groups in total. The van der Waals surface area contributed by atoms with Crippen LogP contribution in [0.1, 0.15) is 6.92 Å². The second kappa shape index (κ2) is 4.41. The van der Waals surface area contributed by atoms with Crippen LogP contribution in [0.3, 0.4) is 0 Å². The lowest BCUT2D eigenvalue weighted by Crippen LogP contribution is -2.47. The van der Waals surface area contributed by atoms with Crippen molar-refractivity contribution in [2.75, 3.05) is 28.7 Å². The van der Waals surface area contributed by atoms with E-state index >= 15 is 0 Å². The minimum atomic E-state index is -2.93. The molecule has 0 radical (unpaired) electrons. The third-order valence-electron chi connectivity index (χ3n) is 2.74. The third-order valence-corrected chi connectivity index (χ3v) is 5.30. The number of rotatable bonds is 1. The Labute approximate surface area is 108 Å². The van der Waals surface area contributed by atoms with E-state index in [0.29, 0.717) is 22.7 Å². The molecule has 1 aliphatic rings. The second-order valence-electron chi connectivity index (χ2n) is 4.05. The van der Waals surface area contributed by atoms with E-state index in [2.05, 4.69) is 25.9 Å². The Morgan fingerprint density at radius 1 is 1.53 bits per heavy atom. The fourth-order valence-electron chi connectivity index (χ4n) is 1.89. The molecule has 0 amide bonds. The molecule has 94 valence electrons. The summed E-state index contributed by atoms with van der Waals surface area (Å²) >= 11 is 3.33. The molecule has 1 fully saturated rings. The highest BCUT2D eigenvalue weighted by Crippen LogP contribution is 2.30. The van der Waals surface area contributed by atoms with E-state index in [-0.39, 0.29) is 17.5 Å². The average Bonchev–Trinajstić information content (AvgIpc) is 2.22. The van der Waals surface area contributed by atoms with E-state index in [0.717, 1.165) is 0 Å². The Morgan fingerprint density at radius 3 is 2.88 bits per heavy atom. The van der Waals surface area contributed by atoms with Crippen LogP contribution in [-0.2, 0) is 9.84 Å². The summed E-state index contributed by atoms with van der Waals surface area (Å²) < 4.78 is 23.6. The maximum absolute atomic E-state index is 11.5. The van der Waals surface area contributed by atoms with Gasteiger partial charge in [-0.15, -0.1) is 0 Å². The van der Waals surface area contributed by atoms with Gasteiger partial charge in [-0.05, 0) is 22.9 Å². The van der Waals surface area contributed by atoms with Crippen LogP contribution in [0.25, 0.3) is 0 Å². The van der Waals surface area contributed by atoms with Crippen LogP contribution in [0.4, 0.5) is 11.6 Å². The molecule has 17 heavy (non-hydrogen) atoms. The standard InChI is InChI=1S/C9H13BrN4O2S/c1-6-4-17(15,16)3-2-14(6)9-7(10)8(11)12-5-13-9/h5-6H,2-4H2,1H3,(H2,11,12,13). The molecule has 0 bridgehead atoms. The molecule has 0 spiro atoms. The Morgan fingerprint density at radius 2 is 2.24 bits per heavy atom. The van der Waals surface area contributed by atoms with Crippen molar-refractivity contribution in [1.29, 1.82) is 0 Å². The van der Waals surface area contributed by atoms with Gasteiger partial charge in [0.2, 0.25) is 0 Å². The van der Waals surface area contributed by atoms with Gasteiger partial charge in [0.15, 0.2) is 9.84 Å². The third kappa shape index (κ3) is 2.52. The minimum Gasteiger partial charge on any atom is -0.383 e. The first kappa shape index (κ1) is 12.6. The predicted molar refractivity (Wildman–Crippen MR) is 69.6 cm³/mol. The van der Waals surface area contributed by atoms with Gasteiger partial charge >= 0.3 is 0 Å². The number of nitrogens with zero attached hydrogens (tertiary/aromatic N) is 3. The van der Waals surface area contributed by atoms with Gasteiger partial charge in [0.25, 0.3) is 0 Å². The topological polar surface area (TPSA) is 89.2 Å². The smallest absolute Gasteiger partial charge is 0.154 e. The van der Waals surface area contributed by atoms with E-state index in [1.807, 2.05) is 11.8 Å². The van der Waals surface area contributed by atoms with Crippen LogP contribution < -0.4 is 10.6 Å². The summed E-state index contributed by atoms with van der Waals surface area (Å²) in [6.07, 6.45) is 1.38. The summed E-state index contributed by atoms with van der Waals surface area (Å²) in [6, 6.07) is -0.112. The number of nitrogens with two attached hydrogens (primary N) is 1. The van der Waals surface area contributed by atoms with Gasteiger partial charge in [-0.2, -0.15) is 0 Å². The first-order valence-corrected chi connectivity index (χ1v) is 7.75. The number of nitrogen functional groups attached to an aromatic ring is 1. The van der Waals surface area contributed by atoms with Crippen molar-refractivity contribution in [3.63, 3.8) is 0 Å². The van der Waals surface area contributed by atoms with Crippen molar-refractivity contribution >= 4 is 37.4 Å². The molecule has 8 heteroatoms. The monoisotopic (exact) mass is 320 g/mol. The van der Waals surface area contributed by atoms with Gasteiger partial charge in [-0.25, -0.2) is 18.4 Å². The highest BCUT2D eigenvalue weighted by atomic mass is 79.9. The summed E-state index contributed by atoms with van der Waals surface area (Å²) in [5, 5.41) is 0. The van der Waals surface area contributed by atoms with E-state index < -0.39 is 9.84 Å². The fraction of sp³-hybridized carbons (Fsp3) is 0.556. The van der Waals surface area contributed by atoms with Gasteiger partial charge in [0, 0.05) is 12.6 Å². The molecule has 2 rings (SSSR count). The zero-order valence-corrected chi connectivity index (χ0v) is 11.7. The Hall–Kier alpha value is -0.890. The van der Waals surface area contributed by atoms with Crippen LogP contribution in [-0.4, -0.2) is 42.5 Å². The van der Waals surface area contributed by atoms with Crippen LogP contribution in [0.5, 0.6) is 0 Å². The van der Waals surface area contributed by atoms with Crippen molar-refractivity contribution in [1.82, 2.24) is 9.97 Å². The van der Waals surface area contributed by atoms with Crippen LogP contribution in [0.2, 0.25) is 0 Å². The number of halogens is 1. The van der Waals surface area contributed by atoms with Crippen molar-refractivity contribution in [3.8, 4) is 0 Å². The lowest BCUT2D eigenvalue weighted by Gasteiger charge is -2.34. The Kier molecular flexibility index (Phi) is 3.26. The highest BCUT2D eigenvalue weighted by Gasteiger charge is 2.30. The molecule has 0 saturated carbocycles. The lowest BCUT2D eigenvalue weighted by atomic mass is 10.3. The molecular formula is C9H13BrN4O2S. The molecule has 1 unspecified atom stereocenters. The number of sulfone groups is 1. The molecule has 2 heterocycles. The molecule has 0 aromatic carbocycles. The molecule has 1 aromatic heterocycles. The van der Waals surface area contributed by atoms with Gasteiger partial charge in [-0.1, -0.05) is 0 Å². The van der Waals surface area contributed by atoms with Crippen molar-refractivity contribution < 1.29 is 8.42 Å². The molecule has 0 aliphatic carbocycles. The zero-order valence-electron chi connectivity index (χ0n) is 9.30. The summed E-state index contributed by atoms with van der Waals surface area (Å²) in [6.45, 7) is 2.29. The average molecular weight is 321 g/mol. The minimum absolute atomic E-state index is 0.112. The highest BCUT2D eigenvalue weighted by molar-refractivity contribution is 9.10. The summed E-state index contributed by atoms with van der Waals surface area (Å²) in [5.74, 6) is 1.30. The van der Waals surface area contributed by atoms with E-state index in [1.165, 1.54) is 6.33 Å². The van der Waals surface area contributed by atoms with E-state index in [1.54, 1.807) is 0 Å². The molecule has 1 atom stereocenters. The quantitative estimate of drug-likeness (QED) is 0.807. The van der Waals surface area contributed by atoms with Crippen molar-refractivity contribution in [2.45, 2.75) is 13.0 Å². The fourth-order valence-corrected chi connectivity index (χ4v) is 3.88. The van der Waals surface area contributed by atoms with E-state index in [4.69, 9.17) is 5.73 Å². The number of aromatic nitrogens is 2.